The van der Waals surface area contributed by atoms with E-state index in [0.29, 0.717) is 5.56 Å². The molecule has 0 aliphatic carbocycles. The summed E-state index contributed by atoms with van der Waals surface area (Å²) >= 11 is 26.0. The molecule has 1 N–H and O–H groups in total. The van der Waals surface area contributed by atoms with Gasteiger partial charge >= 0.3 is 0 Å². The number of halogens is 4. The fraction of sp³-hybridized carbons (Fsp3) is 0.257. The maximum Gasteiger partial charge on any atom is 0.264 e. The molecule has 4 rings (SSSR count). The molecule has 0 aliphatic heterocycles. The average Bonchev–Trinajstić information content (AvgIpc) is 3.00. The summed E-state index contributed by atoms with van der Waals surface area (Å²) in [6, 6.07) is 23.8. The minimum Gasteiger partial charge on any atom is -0.350 e. The zero-order valence-corrected chi connectivity index (χ0v) is 30.1. The van der Waals surface area contributed by atoms with Crippen LogP contribution in [-0.2, 0) is 32.6 Å². The van der Waals surface area contributed by atoms with Crippen molar-refractivity contribution in [1.29, 1.82) is 0 Å². The molecule has 0 spiro atoms. The lowest BCUT2D eigenvalue weighted by molar-refractivity contribution is -0.140. The molecule has 2 amide bonds. The van der Waals surface area contributed by atoms with Crippen LogP contribution in [0.5, 0.6) is 0 Å². The van der Waals surface area contributed by atoms with Crippen LogP contribution in [0.15, 0.2) is 95.9 Å². The maximum atomic E-state index is 14.7. The van der Waals surface area contributed by atoms with Crippen LogP contribution in [0, 0.1) is 6.92 Å². The molecular formula is C35H35Cl4N3O4S. The van der Waals surface area contributed by atoms with Gasteiger partial charge in [-0.05, 0) is 69.7 Å². The Labute approximate surface area is 296 Å². The van der Waals surface area contributed by atoms with Crippen LogP contribution in [0.2, 0.25) is 20.1 Å². The minimum absolute atomic E-state index is 0.00238. The van der Waals surface area contributed by atoms with E-state index in [9.17, 15) is 18.0 Å². The summed E-state index contributed by atoms with van der Waals surface area (Å²) in [4.78, 5) is 30.0. The van der Waals surface area contributed by atoms with Gasteiger partial charge in [-0.1, -0.05) is 107 Å². The summed E-state index contributed by atoms with van der Waals surface area (Å²) in [5.41, 5.74) is 1.40. The van der Waals surface area contributed by atoms with Crippen LogP contribution in [-0.4, -0.2) is 43.3 Å². The normalized spacial score (nSPS) is 12.3. The van der Waals surface area contributed by atoms with Gasteiger partial charge in [0.2, 0.25) is 11.8 Å². The third-order valence-electron chi connectivity index (χ3n) is 7.25. The molecule has 0 aliphatic rings. The summed E-state index contributed by atoms with van der Waals surface area (Å²) in [5, 5.41) is 3.60. The standard InChI is InChI=1S/C35H35Cl4N3O4S/c1-23-16-18-25(19-17-23)47(45,46)42(30-15-9-14-29(38)33(30)39)22-32(43)41(21-26-27(36)12-8-13-28(26)37)31(34(44)40-35(2,3)4)20-24-10-6-5-7-11-24/h5-19,31H,20-22H2,1-4H3,(H,40,44). The topological polar surface area (TPSA) is 86.8 Å². The highest BCUT2D eigenvalue weighted by molar-refractivity contribution is 7.92. The second-order valence-electron chi connectivity index (χ2n) is 12.1. The number of hydrogen-bond acceptors (Lipinski definition) is 4. The zero-order valence-electron chi connectivity index (χ0n) is 26.3. The number of carbonyl (C=O) groups excluding carboxylic acids is 2. The smallest absolute Gasteiger partial charge is 0.264 e. The molecule has 0 bridgehead atoms. The van der Waals surface area contributed by atoms with Crippen molar-refractivity contribution >= 4 is 73.9 Å². The molecule has 47 heavy (non-hydrogen) atoms. The van der Waals surface area contributed by atoms with E-state index >= 15 is 0 Å². The fourth-order valence-electron chi connectivity index (χ4n) is 4.90. The first-order valence-electron chi connectivity index (χ1n) is 14.7. The summed E-state index contributed by atoms with van der Waals surface area (Å²) in [6.07, 6.45) is 0.124. The Bertz CT molecular complexity index is 1830. The van der Waals surface area contributed by atoms with Gasteiger partial charge in [0, 0.05) is 34.1 Å². The lowest BCUT2D eigenvalue weighted by Gasteiger charge is -2.35. The first-order valence-corrected chi connectivity index (χ1v) is 17.7. The van der Waals surface area contributed by atoms with Gasteiger partial charge in [-0.25, -0.2) is 8.42 Å². The van der Waals surface area contributed by atoms with Crippen molar-refractivity contribution in [2.75, 3.05) is 10.8 Å². The highest BCUT2D eigenvalue weighted by atomic mass is 35.5. The van der Waals surface area contributed by atoms with Crippen LogP contribution in [0.3, 0.4) is 0 Å². The molecule has 0 fully saturated rings. The second kappa shape index (κ2) is 15.3. The Balaban J connectivity index is 1.88. The largest absolute Gasteiger partial charge is 0.350 e. The number of nitrogens with one attached hydrogen (secondary N) is 1. The zero-order chi connectivity index (χ0) is 34.5. The lowest BCUT2D eigenvalue weighted by Crippen LogP contribution is -2.56. The number of benzene rings is 4. The number of nitrogens with zero attached hydrogens (tertiary/aromatic N) is 2. The first-order chi connectivity index (χ1) is 22.1. The van der Waals surface area contributed by atoms with Crippen LogP contribution >= 0.6 is 46.4 Å². The Morgan fingerprint density at radius 1 is 0.787 bits per heavy atom. The molecule has 0 aromatic heterocycles. The number of sulfonamides is 1. The van der Waals surface area contributed by atoms with Gasteiger partial charge in [0.05, 0.1) is 20.6 Å². The molecule has 1 unspecified atom stereocenters. The molecule has 248 valence electrons. The SMILES string of the molecule is Cc1ccc(S(=O)(=O)N(CC(=O)N(Cc2c(Cl)cccc2Cl)C(Cc2ccccc2)C(=O)NC(C)(C)C)c2cccc(Cl)c2Cl)cc1. The average molecular weight is 736 g/mol. The summed E-state index contributed by atoms with van der Waals surface area (Å²) < 4.78 is 29.4. The van der Waals surface area contributed by atoms with E-state index in [1.54, 1.807) is 36.4 Å². The van der Waals surface area contributed by atoms with Gasteiger partial charge in [0.25, 0.3) is 10.0 Å². The van der Waals surface area contributed by atoms with E-state index in [4.69, 9.17) is 46.4 Å². The molecule has 1 atom stereocenters. The second-order valence-corrected chi connectivity index (χ2v) is 15.5. The quantitative estimate of drug-likeness (QED) is 0.168. The van der Waals surface area contributed by atoms with E-state index in [1.165, 1.54) is 29.2 Å². The van der Waals surface area contributed by atoms with Crippen molar-refractivity contribution in [2.45, 2.75) is 57.1 Å². The van der Waals surface area contributed by atoms with Gasteiger partial charge in [0.1, 0.15) is 12.6 Å². The van der Waals surface area contributed by atoms with E-state index in [2.05, 4.69) is 5.32 Å². The number of rotatable bonds is 11. The number of amides is 2. The van der Waals surface area contributed by atoms with Crippen molar-refractivity contribution < 1.29 is 18.0 Å². The molecule has 0 radical (unpaired) electrons. The lowest BCUT2D eigenvalue weighted by atomic mass is 10.0. The molecule has 0 heterocycles. The summed E-state index contributed by atoms with van der Waals surface area (Å²) in [7, 11) is -4.37. The van der Waals surface area contributed by atoms with E-state index < -0.39 is 40.0 Å². The Morgan fingerprint density at radius 3 is 1.96 bits per heavy atom. The summed E-state index contributed by atoms with van der Waals surface area (Å²) in [6.45, 7) is 6.43. The van der Waals surface area contributed by atoms with Gasteiger partial charge in [0.15, 0.2) is 0 Å². The highest BCUT2D eigenvalue weighted by Crippen LogP contribution is 2.36. The monoisotopic (exact) mass is 733 g/mol. The maximum absolute atomic E-state index is 14.7. The van der Waals surface area contributed by atoms with E-state index in [-0.39, 0.29) is 43.6 Å². The predicted octanol–water partition coefficient (Wildman–Crippen LogP) is 8.36. The third kappa shape index (κ3) is 9.21. The fourth-order valence-corrected chi connectivity index (χ4v) is 7.29. The van der Waals surface area contributed by atoms with E-state index in [1.807, 2.05) is 58.0 Å². The molecular weight excluding hydrogens is 700 g/mol. The van der Waals surface area contributed by atoms with Crippen molar-refractivity contribution in [1.82, 2.24) is 10.2 Å². The molecule has 0 saturated heterocycles. The van der Waals surface area contributed by atoms with Crippen molar-refractivity contribution in [3.63, 3.8) is 0 Å². The molecule has 7 nitrogen and oxygen atoms in total. The third-order valence-corrected chi connectivity index (χ3v) is 10.5. The predicted molar refractivity (Wildman–Crippen MR) is 191 cm³/mol. The van der Waals surface area contributed by atoms with Crippen LogP contribution < -0.4 is 9.62 Å². The van der Waals surface area contributed by atoms with Gasteiger partial charge in [-0.15, -0.1) is 0 Å². The van der Waals surface area contributed by atoms with E-state index in [0.717, 1.165) is 15.4 Å². The van der Waals surface area contributed by atoms with Gasteiger partial charge in [-0.2, -0.15) is 0 Å². The number of hydrogen-bond donors (Lipinski definition) is 1. The number of aryl methyl sites for hydroxylation is 1. The van der Waals surface area contributed by atoms with Crippen LogP contribution in [0.1, 0.15) is 37.5 Å². The minimum atomic E-state index is -4.37. The van der Waals surface area contributed by atoms with Crippen molar-refractivity contribution in [2.24, 2.45) is 0 Å². The molecule has 0 saturated carbocycles. The van der Waals surface area contributed by atoms with Gasteiger partial charge < -0.3 is 10.2 Å². The Kier molecular flexibility index (Phi) is 11.9. The van der Waals surface area contributed by atoms with Crippen molar-refractivity contribution in [3.8, 4) is 0 Å². The molecule has 12 heteroatoms. The number of anilines is 1. The molecule has 4 aromatic rings. The summed E-state index contributed by atoms with van der Waals surface area (Å²) in [5.74, 6) is -1.13. The van der Waals surface area contributed by atoms with Crippen LogP contribution in [0.4, 0.5) is 5.69 Å². The highest BCUT2D eigenvalue weighted by Gasteiger charge is 2.37. The molecule has 4 aromatic carbocycles. The van der Waals surface area contributed by atoms with Gasteiger partial charge in [-0.3, -0.25) is 13.9 Å². The van der Waals surface area contributed by atoms with Crippen molar-refractivity contribution in [3.05, 3.63) is 128 Å². The van der Waals surface area contributed by atoms with Crippen LogP contribution in [0.25, 0.3) is 0 Å². The first kappa shape index (κ1) is 36.6. The Hall–Kier alpha value is -3.27. The number of carbonyl (C=O) groups is 2. The Morgan fingerprint density at radius 2 is 1.36 bits per heavy atom.